The number of aromatic nitrogens is 4. The molecule has 30 heavy (non-hydrogen) atoms. The molecule has 2 aliphatic rings. The van der Waals surface area contributed by atoms with Gasteiger partial charge >= 0.3 is 11.1 Å². The third kappa shape index (κ3) is 3.33. The first-order valence-electron chi connectivity index (χ1n) is 10.3. The summed E-state index contributed by atoms with van der Waals surface area (Å²) in [7, 11) is 0. The summed E-state index contributed by atoms with van der Waals surface area (Å²) < 4.78 is 2.93. The van der Waals surface area contributed by atoms with Gasteiger partial charge in [0.1, 0.15) is 5.82 Å². The van der Waals surface area contributed by atoms with Crippen LogP contribution >= 0.6 is 11.3 Å². The SMILES string of the molecule is Cc1cccc(CN2CC[C@@]3(CCn4c3nn(Cc3csc(C)n3)c(=O)c4=O)C2)c1. The van der Waals surface area contributed by atoms with Gasteiger partial charge < -0.3 is 0 Å². The van der Waals surface area contributed by atoms with Gasteiger partial charge in [0.2, 0.25) is 0 Å². The molecule has 5 rings (SSSR count). The van der Waals surface area contributed by atoms with Crippen LogP contribution in [0.1, 0.15) is 40.5 Å². The minimum atomic E-state index is -0.559. The van der Waals surface area contributed by atoms with Crippen molar-refractivity contribution in [2.75, 3.05) is 13.1 Å². The molecule has 8 heteroatoms. The Morgan fingerprint density at radius 1 is 1.10 bits per heavy atom. The van der Waals surface area contributed by atoms with Crippen LogP contribution in [0, 0.1) is 13.8 Å². The molecule has 7 nitrogen and oxygen atoms in total. The van der Waals surface area contributed by atoms with Gasteiger partial charge in [-0.15, -0.1) is 11.3 Å². The van der Waals surface area contributed by atoms with Gasteiger partial charge in [0.15, 0.2) is 0 Å². The Balaban J connectivity index is 1.44. The van der Waals surface area contributed by atoms with Crippen LogP contribution < -0.4 is 11.1 Å². The zero-order valence-electron chi connectivity index (χ0n) is 17.3. The molecule has 0 aliphatic carbocycles. The summed E-state index contributed by atoms with van der Waals surface area (Å²) >= 11 is 1.54. The van der Waals surface area contributed by atoms with Crippen molar-refractivity contribution >= 4 is 11.3 Å². The van der Waals surface area contributed by atoms with E-state index in [1.807, 2.05) is 12.3 Å². The smallest absolute Gasteiger partial charge is 0.298 e. The van der Waals surface area contributed by atoms with E-state index in [1.54, 1.807) is 4.57 Å². The zero-order valence-corrected chi connectivity index (χ0v) is 18.1. The number of nitrogens with zero attached hydrogens (tertiary/aromatic N) is 5. The number of hydrogen-bond acceptors (Lipinski definition) is 6. The number of rotatable bonds is 4. The van der Waals surface area contributed by atoms with Crippen molar-refractivity contribution in [1.29, 1.82) is 0 Å². The number of likely N-dealkylation sites (tertiary alicyclic amines) is 1. The Morgan fingerprint density at radius 3 is 2.70 bits per heavy atom. The molecular weight excluding hydrogens is 398 g/mol. The third-order valence-electron chi connectivity index (χ3n) is 6.32. The summed E-state index contributed by atoms with van der Waals surface area (Å²) in [5.41, 5.74) is 2.17. The average Bonchev–Trinajstić information content (AvgIpc) is 3.40. The lowest BCUT2D eigenvalue weighted by Gasteiger charge is -2.24. The van der Waals surface area contributed by atoms with Gasteiger partial charge in [-0.25, -0.2) is 9.67 Å². The first-order valence-corrected chi connectivity index (χ1v) is 11.2. The fourth-order valence-corrected chi connectivity index (χ4v) is 5.47. The van der Waals surface area contributed by atoms with E-state index in [0.717, 1.165) is 49.0 Å². The van der Waals surface area contributed by atoms with Crippen LogP contribution in [0.3, 0.4) is 0 Å². The lowest BCUT2D eigenvalue weighted by Crippen LogP contribution is -2.45. The summed E-state index contributed by atoms with van der Waals surface area (Å²) in [6, 6.07) is 8.60. The van der Waals surface area contributed by atoms with Crippen molar-refractivity contribution in [3.05, 3.63) is 78.0 Å². The maximum absolute atomic E-state index is 12.8. The van der Waals surface area contributed by atoms with Gasteiger partial charge in [0, 0.05) is 30.4 Å². The topological polar surface area (TPSA) is 73.0 Å². The summed E-state index contributed by atoms with van der Waals surface area (Å²) in [6.45, 7) is 7.58. The minimum absolute atomic E-state index is 0.156. The molecule has 2 aromatic heterocycles. The molecule has 3 aromatic rings. The molecule has 4 heterocycles. The Morgan fingerprint density at radius 2 is 1.93 bits per heavy atom. The average molecular weight is 424 g/mol. The highest BCUT2D eigenvalue weighted by atomic mass is 32.1. The van der Waals surface area contributed by atoms with Crippen molar-refractivity contribution in [2.45, 2.75) is 51.7 Å². The summed E-state index contributed by atoms with van der Waals surface area (Å²) in [6.07, 6.45) is 1.82. The Hall–Kier alpha value is -2.58. The lowest BCUT2D eigenvalue weighted by molar-refractivity contribution is 0.298. The highest BCUT2D eigenvalue weighted by Gasteiger charge is 2.47. The van der Waals surface area contributed by atoms with Crippen molar-refractivity contribution < 1.29 is 0 Å². The molecule has 156 valence electrons. The standard InChI is InChI=1S/C22H25N5O2S/c1-15-4-3-5-17(10-15)11-25-8-6-22(14-25)7-9-26-19(28)20(29)27(24-21(22)26)12-18-13-30-16(2)23-18/h3-5,10,13H,6-9,11-12,14H2,1-2H3/t22-/m1/s1. The van der Waals surface area contributed by atoms with Crippen LogP contribution in [0.15, 0.2) is 39.2 Å². The van der Waals surface area contributed by atoms with E-state index in [0.29, 0.717) is 6.54 Å². The summed E-state index contributed by atoms with van der Waals surface area (Å²) in [5.74, 6) is 0.769. The van der Waals surface area contributed by atoms with Crippen molar-refractivity contribution in [2.24, 2.45) is 0 Å². The molecule has 2 aliphatic heterocycles. The van der Waals surface area contributed by atoms with Crippen LogP contribution in [-0.2, 0) is 25.0 Å². The first-order chi connectivity index (χ1) is 14.4. The predicted octanol–water partition coefficient (Wildman–Crippen LogP) is 2.07. The second-order valence-electron chi connectivity index (χ2n) is 8.58. The van der Waals surface area contributed by atoms with Crippen molar-refractivity contribution in [3.63, 3.8) is 0 Å². The van der Waals surface area contributed by atoms with E-state index in [4.69, 9.17) is 5.10 Å². The van der Waals surface area contributed by atoms with E-state index >= 15 is 0 Å². The number of benzene rings is 1. The van der Waals surface area contributed by atoms with E-state index in [9.17, 15) is 9.59 Å². The lowest BCUT2D eigenvalue weighted by atomic mass is 9.85. The Bertz CT molecular complexity index is 1230. The Labute approximate surface area is 178 Å². The quantitative estimate of drug-likeness (QED) is 0.601. The van der Waals surface area contributed by atoms with E-state index in [1.165, 1.54) is 27.1 Å². The second kappa shape index (κ2) is 7.28. The van der Waals surface area contributed by atoms with Crippen molar-refractivity contribution in [1.82, 2.24) is 24.2 Å². The molecule has 1 spiro atoms. The number of fused-ring (bicyclic) bond motifs is 2. The van der Waals surface area contributed by atoms with Crippen LogP contribution in [-0.4, -0.2) is 37.3 Å². The Kier molecular flexibility index (Phi) is 4.71. The van der Waals surface area contributed by atoms with Gasteiger partial charge in [0.25, 0.3) is 0 Å². The fourth-order valence-electron chi connectivity index (χ4n) is 4.86. The zero-order chi connectivity index (χ0) is 20.9. The number of aryl methyl sites for hydroxylation is 2. The number of thiazole rings is 1. The van der Waals surface area contributed by atoms with Gasteiger partial charge in [0.05, 0.1) is 17.2 Å². The molecule has 1 aromatic carbocycles. The number of hydrogen-bond donors (Lipinski definition) is 0. The van der Waals surface area contributed by atoms with Gasteiger partial charge in [-0.05, 0) is 38.8 Å². The maximum Gasteiger partial charge on any atom is 0.332 e. The van der Waals surface area contributed by atoms with Crippen molar-refractivity contribution in [3.8, 4) is 0 Å². The second-order valence-corrected chi connectivity index (χ2v) is 9.64. The fraction of sp³-hybridized carbons (Fsp3) is 0.455. The molecule has 0 bridgehead atoms. The largest absolute Gasteiger partial charge is 0.332 e. The molecule has 0 unspecified atom stereocenters. The van der Waals surface area contributed by atoms with Crippen LogP contribution in [0.2, 0.25) is 0 Å². The normalized spacial score (nSPS) is 20.9. The van der Waals surface area contributed by atoms with Gasteiger partial charge in [-0.3, -0.25) is 19.1 Å². The molecule has 0 saturated carbocycles. The maximum atomic E-state index is 12.8. The highest BCUT2D eigenvalue weighted by molar-refractivity contribution is 7.09. The van der Waals surface area contributed by atoms with E-state index in [-0.39, 0.29) is 12.0 Å². The molecule has 1 fully saturated rings. The van der Waals surface area contributed by atoms with Gasteiger partial charge in [-0.1, -0.05) is 29.8 Å². The van der Waals surface area contributed by atoms with Crippen LogP contribution in [0.5, 0.6) is 0 Å². The third-order valence-corrected chi connectivity index (χ3v) is 7.14. The predicted molar refractivity (Wildman–Crippen MR) is 116 cm³/mol. The molecule has 1 atom stereocenters. The van der Waals surface area contributed by atoms with Crippen LogP contribution in [0.4, 0.5) is 0 Å². The molecular formula is C22H25N5O2S. The van der Waals surface area contributed by atoms with E-state index in [2.05, 4.69) is 41.1 Å². The van der Waals surface area contributed by atoms with Crippen LogP contribution in [0.25, 0.3) is 0 Å². The summed E-state index contributed by atoms with van der Waals surface area (Å²) in [5, 5.41) is 7.57. The first kappa shape index (κ1) is 19.4. The van der Waals surface area contributed by atoms with Gasteiger partial charge in [-0.2, -0.15) is 5.10 Å². The summed E-state index contributed by atoms with van der Waals surface area (Å²) in [4.78, 5) is 32.3. The molecule has 0 N–H and O–H groups in total. The monoisotopic (exact) mass is 423 g/mol. The highest BCUT2D eigenvalue weighted by Crippen LogP contribution is 2.40. The van der Waals surface area contributed by atoms with E-state index < -0.39 is 11.1 Å². The molecule has 0 amide bonds. The molecule has 0 radical (unpaired) electrons. The molecule has 1 saturated heterocycles. The minimum Gasteiger partial charge on any atom is -0.298 e.